The third-order valence-electron chi connectivity index (χ3n) is 3.09. The molecule has 0 fully saturated rings. The van der Waals surface area contributed by atoms with Gasteiger partial charge < -0.3 is 5.11 Å². The molecule has 0 atom stereocenters. The maximum Gasteiger partial charge on any atom is 0.339 e. The van der Waals surface area contributed by atoms with Crippen LogP contribution in [0.3, 0.4) is 0 Å². The van der Waals surface area contributed by atoms with E-state index in [9.17, 15) is 4.79 Å². The molecule has 0 saturated carbocycles. The third kappa shape index (κ3) is 2.42. The van der Waals surface area contributed by atoms with Crippen LogP contribution in [0.2, 0.25) is 0 Å². The molecule has 2 heterocycles. The van der Waals surface area contributed by atoms with Crippen molar-refractivity contribution >= 4 is 21.9 Å². The first-order chi connectivity index (χ1) is 8.95. The van der Waals surface area contributed by atoms with Crippen LogP contribution in [-0.4, -0.2) is 30.6 Å². The normalized spacial score (nSPS) is 10.9. The van der Waals surface area contributed by atoms with Crippen molar-refractivity contribution in [2.45, 2.75) is 33.9 Å². The summed E-state index contributed by atoms with van der Waals surface area (Å²) in [6, 6.07) is 0. The molecule has 0 amide bonds. The zero-order valence-electron chi connectivity index (χ0n) is 11.0. The number of aromatic nitrogens is 4. The number of halogens is 1. The summed E-state index contributed by atoms with van der Waals surface area (Å²) in [7, 11) is 0. The molecule has 0 radical (unpaired) electrons. The van der Waals surface area contributed by atoms with Crippen LogP contribution in [0, 0.1) is 13.8 Å². The minimum Gasteiger partial charge on any atom is -0.478 e. The summed E-state index contributed by atoms with van der Waals surface area (Å²) < 4.78 is 4.51. The molecular weight excluding hydrogens is 312 g/mol. The topological polar surface area (TPSA) is 72.9 Å². The summed E-state index contributed by atoms with van der Waals surface area (Å²) in [4.78, 5) is 11.0. The fourth-order valence-electron chi connectivity index (χ4n) is 1.98. The molecule has 0 aliphatic carbocycles. The third-order valence-corrected chi connectivity index (χ3v) is 4.12. The Labute approximate surface area is 119 Å². The maximum absolute atomic E-state index is 11.0. The zero-order chi connectivity index (χ0) is 14.2. The van der Waals surface area contributed by atoms with E-state index in [1.54, 1.807) is 11.6 Å². The second-order valence-electron chi connectivity index (χ2n) is 4.27. The average Bonchev–Trinajstić information content (AvgIpc) is 2.85. The molecule has 2 aromatic heterocycles. The lowest BCUT2D eigenvalue weighted by atomic mass is 10.2. The van der Waals surface area contributed by atoms with E-state index >= 15 is 0 Å². The molecule has 19 heavy (non-hydrogen) atoms. The Balaban J connectivity index is 2.39. The highest BCUT2D eigenvalue weighted by atomic mass is 79.9. The molecule has 2 aromatic rings. The van der Waals surface area contributed by atoms with Gasteiger partial charge in [-0.1, -0.05) is 0 Å². The number of carboxylic acid groups (broad SMARTS) is 1. The van der Waals surface area contributed by atoms with Gasteiger partial charge >= 0.3 is 5.97 Å². The Hall–Kier alpha value is -1.63. The van der Waals surface area contributed by atoms with Gasteiger partial charge in [0.15, 0.2) is 0 Å². The molecule has 0 aliphatic heterocycles. The molecule has 0 spiro atoms. The van der Waals surface area contributed by atoms with Gasteiger partial charge in [-0.05, 0) is 36.7 Å². The highest BCUT2D eigenvalue weighted by Gasteiger charge is 2.17. The highest BCUT2D eigenvalue weighted by molar-refractivity contribution is 9.10. The van der Waals surface area contributed by atoms with Crippen LogP contribution in [0.15, 0.2) is 10.7 Å². The van der Waals surface area contributed by atoms with Crippen molar-refractivity contribution in [3.8, 4) is 0 Å². The number of carboxylic acids is 1. The standard InChI is InChI=1S/C12H15BrN4O2/c1-4-16-10(11(13)7(2)15-16)6-17-8(3)9(5-14-17)12(18)19/h5H,4,6H2,1-3H3,(H,18,19). The number of aromatic carboxylic acids is 1. The van der Waals surface area contributed by atoms with E-state index in [1.807, 2.05) is 18.5 Å². The molecule has 0 aliphatic rings. The van der Waals surface area contributed by atoms with Gasteiger partial charge in [-0.2, -0.15) is 10.2 Å². The quantitative estimate of drug-likeness (QED) is 0.935. The number of carbonyl (C=O) groups is 1. The van der Waals surface area contributed by atoms with E-state index in [0.717, 1.165) is 22.4 Å². The summed E-state index contributed by atoms with van der Waals surface area (Å²) in [5.74, 6) is -0.956. The monoisotopic (exact) mass is 326 g/mol. The minimum absolute atomic E-state index is 0.232. The van der Waals surface area contributed by atoms with E-state index in [1.165, 1.54) is 6.20 Å². The van der Waals surface area contributed by atoms with E-state index in [0.29, 0.717) is 12.2 Å². The Kier molecular flexibility index (Phi) is 3.75. The fraction of sp³-hybridized carbons (Fsp3) is 0.417. The molecule has 0 saturated heterocycles. The Bertz CT molecular complexity index is 630. The molecule has 2 rings (SSSR count). The Morgan fingerprint density at radius 1 is 1.42 bits per heavy atom. The number of nitrogens with zero attached hydrogens (tertiary/aromatic N) is 4. The van der Waals surface area contributed by atoms with Crippen LogP contribution < -0.4 is 0 Å². The second-order valence-corrected chi connectivity index (χ2v) is 5.06. The summed E-state index contributed by atoms with van der Waals surface area (Å²) in [6.07, 6.45) is 1.38. The van der Waals surface area contributed by atoms with Crippen molar-refractivity contribution in [1.82, 2.24) is 19.6 Å². The number of rotatable bonds is 4. The maximum atomic E-state index is 11.0. The van der Waals surface area contributed by atoms with Crippen LogP contribution in [0.1, 0.15) is 34.4 Å². The van der Waals surface area contributed by atoms with E-state index in [2.05, 4.69) is 26.1 Å². The molecule has 1 N–H and O–H groups in total. The first-order valence-electron chi connectivity index (χ1n) is 5.93. The van der Waals surface area contributed by atoms with Crippen LogP contribution in [0.4, 0.5) is 0 Å². The lowest BCUT2D eigenvalue weighted by Crippen LogP contribution is -2.11. The first-order valence-corrected chi connectivity index (χ1v) is 6.72. The summed E-state index contributed by atoms with van der Waals surface area (Å²) in [5.41, 5.74) is 2.78. The smallest absolute Gasteiger partial charge is 0.339 e. The van der Waals surface area contributed by atoms with Crippen molar-refractivity contribution in [3.05, 3.63) is 33.3 Å². The predicted molar refractivity (Wildman–Crippen MR) is 73.4 cm³/mol. The fourth-order valence-corrected chi connectivity index (χ4v) is 2.39. The van der Waals surface area contributed by atoms with E-state index in [-0.39, 0.29) is 5.56 Å². The largest absolute Gasteiger partial charge is 0.478 e. The number of hydrogen-bond acceptors (Lipinski definition) is 3. The van der Waals surface area contributed by atoms with Gasteiger partial charge in [-0.25, -0.2) is 4.79 Å². The molecule has 0 aromatic carbocycles. The Morgan fingerprint density at radius 2 is 2.11 bits per heavy atom. The molecular formula is C12H15BrN4O2. The van der Waals surface area contributed by atoms with Gasteiger partial charge in [-0.15, -0.1) is 0 Å². The lowest BCUT2D eigenvalue weighted by Gasteiger charge is -2.07. The summed E-state index contributed by atoms with van der Waals surface area (Å²) in [5, 5.41) is 17.6. The number of hydrogen-bond donors (Lipinski definition) is 1. The molecule has 0 unspecified atom stereocenters. The van der Waals surface area contributed by atoms with Gasteiger partial charge in [0.05, 0.1) is 34.3 Å². The first kappa shape index (κ1) is 13.8. The number of aryl methyl sites for hydroxylation is 2. The van der Waals surface area contributed by atoms with Gasteiger partial charge in [0.1, 0.15) is 5.56 Å². The van der Waals surface area contributed by atoms with Crippen molar-refractivity contribution < 1.29 is 9.90 Å². The average molecular weight is 327 g/mol. The van der Waals surface area contributed by atoms with Gasteiger partial charge in [-0.3, -0.25) is 9.36 Å². The molecule has 6 nitrogen and oxygen atoms in total. The van der Waals surface area contributed by atoms with Crippen LogP contribution >= 0.6 is 15.9 Å². The zero-order valence-corrected chi connectivity index (χ0v) is 12.6. The van der Waals surface area contributed by atoms with E-state index < -0.39 is 5.97 Å². The predicted octanol–water partition coefficient (Wildman–Crippen LogP) is 2.23. The van der Waals surface area contributed by atoms with Crippen molar-refractivity contribution in [2.75, 3.05) is 0 Å². The van der Waals surface area contributed by atoms with Gasteiger partial charge in [0, 0.05) is 6.54 Å². The summed E-state index contributed by atoms with van der Waals surface area (Å²) in [6.45, 7) is 6.95. The minimum atomic E-state index is -0.956. The SMILES string of the molecule is CCn1nc(C)c(Br)c1Cn1ncc(C(=O)O)c1C. The van der Waals surface area contributed by atoms with Crippen molar-refractivity contribution in [1.29, 1.82) is 0 Å². The van der Waals surface area contributed by atoms with Crippen LogP contribution in [-0.2, 0) is 13.1 Å². The highest BCUT2D eigenvalue weighted by Crippen LogP contribution is 2.22. The van der Waals surface area contributed by atoms with E-state index in [4.69, 9.17) is 5.11 Å². The Morgan fingerprint density at radius 3 is 2.63 bits per heavy atom. The van der Waals surface area contributed by atoms with Crippen LogP contribution in [0.25, 0.3) is 0 Å². The lowest BCUT2D eigenvalue weighted by molar-refractivity contribution is 0.0696. The van der Waals surface area contributed by atoms with Crippen LogP contribution in [0.5, 0.6) is 0 Å². The van der Waals surface area contributed by atoms with Crippen molar-refractivity contribution in [3.63, 3.8) is 0 Å². The molecule has 102 valence electrons. The summed E-state index contributed by atoms with van der Waals surface area (Å²) >= 11 is 3.52. The molecule has 7 heteroatoms. The molecule has 0 bridgehead atoms. The van der Waals surface area contributed by atoms with Gasteiger partial charge in [0.25, 0.3) is 0 Å². The second kappa shape index (κ2) is 5.16. The van der Waals surface area contributed by atoms with Gasteiger partial charge in [0.2, 0.25) is 0 Å². The van der Waals surface area contributed by atoms with Crippen molar-refractivity contribution in [2.24, 2.45) is 0 Å².